The number of thioether (sulfide) groups is 1. The molecule has 0 saturated carbocycles. The van der Waals surface area contributed by atoms with Crippen LogP contribution in [0.2, 0.25) is 10.0 Å². The Morgan fingerprint density at radius 2 is 1.55 bits per heavy atom. The lowest BCUT2D eigenvalue weighted by Gasteiger charge is -2.16. The van der Waals surface area contributed by atoms with Gasteiger partial charge in [-0.05, 0) is 133 Å². The van der Waals surface area contributed by atoms with Gasteiger partial charge in [0.25, 0.3) is 5.91 Å². The van der Waals surface area contributed by atoms with Crippen LogP contribution < -0.4 is 9.64 Å². The summed E-state index contributed by atoms with van der Waals surface area (Å²) in [7, 11) is 0. The van der Waals surface area contributed by atoms with Crippen LogP contribution in [0.5, 0.6) is 5.75 Å². The molecule has 1 saturated heterocycles. The Balaban J connectivity index is 1.32. The Kier molecular flexibility index (Phi) is 9.22. The second kappa shape index (κ2) is 13.1. The second-order valence-corrected chi connectivity index (χ2v) is 13.8. The van der Waals surface area contributed by atoms with Gasteiger partial charge in [-0.25, -0.2) is 4.99 Å². The maximum Gasteiger partial charge on any atom is 0.271 e. The second-order valence-electron chi connectivity index (χ2n) is 10.3. The summed E-state index contributed by atoms with van der Waals surface area (Å²) in [5, 5.41) is 4.02. The minimum Gasteiger partial charge on any atom is -0.487 e. The molecule has 0 aliphatic carbocycles. The molecule has 5 aromatic carbocycles. The number of carbonyl (C=O) groups is 1. The van der Waals surface area contributed by atoms with E-state index in [-0.39, 0.29) is 5.91 Å². The summed E-state index contributed by atoms with van der Waals surface area (Å²) in [4.78, 5) is 20.8. The van der Waals surface area contributed by atoms with Crippen LogP contribution in [0.1, 0.15) is 22.3 Å². The highest BCUT2D eigenvalue weighted by Crippen LogP contribution is 2.41. The van der Waals surface area contributed by atoms with E-state index in [1.165, 1.54) is 17.1 Å². The van der Waals surface area contributed by atoms with Crippen molar-refractivity contribution in [2.45, 2.75) is 20.5 Å². The standard InChI is InChI=1S/C35H24Br2Cl2N2O2S/c1-20-10-12-25(17-30(20)38)40-35-41(26-13-11-21(2)31(39)18-26)34(42)32(44-35)16-22-14-28(36)33(29(37)15-22)43-19-24-8-5-7-23-6-3-4-9-27(23)24/h3-18H,19H2,1-2H3/b32-16+,40-35?. The minimum absolute atomic E-state index is 0.199. The van der Waals surface area contributed by atoms with E-state index in [0.717, 1.165) is 36.6 Å². The van der Waals surface area contributed by atoms with Gasteiger partial charge in [0.05, 0.1) is 25.2 Å². The van der Waals surface area contributed by atoms with Gasteiger partial charge < -0.3 is 4.74 Å². The molecule has 1 amide bonds. The number of amidine groups is 1. The van der Waals surface area contributed by atoms with Gasteiger partial charge in [-0.1, -0.05) is 77.8 Å². The summed E-state index contributed by atoms with van der Waals surface area (Å²) in [5.74, 6) is 0.482. The third-order valence-corrected chi connectivity index (χ3v) is 10.1. The van der Waals surface area contributed by atoms with E-state index in [9.17, 15) is 4.79 Å². The fraction of sp³-hybridized carbons (Fsp3) is 0.0857. The van der Waals surface area contributed by atoms with Crippen molar-refractivity contribution in [3.63, 3.8) is 0 Å². The first-order chi connectivity index (χ1) is 21.2. The molecule has 6 rings (SSSR count). The molecular formula is C35H24Br2Cl2N2O2S. The van der Waals surface area contributed by atoms with Crippen LogP contribution in [-0.2, 0) is 11.4 Å². The SMILES string of the molecule is Cc1ccc(N=C2S/C(=C/c3cc(Br)c(OCc4cccc5ccccc45)c(Br)c3)C(=O)N2c2ccc(C)c(Cl)c2)cc1Cl. The predicted octanol–water partition coefficient (Wildman–Crippen LogP) is 11.7. The zero-order chi connectivity index (χ0) is 31.0. The summed E-state index contributed by atoms with van der Waals surface area (Å²) in [6.45, 7) is 4.27. The molecule has 1 fully saturated rings. The van der Waals surface area contributed by atoms with Gasteiger partial charge in [0, 0.05) is 10.0 Å². The van der Waals surface area contributed by atoms with Gasteiger partial charge in [0.15, 0.2) is 5.17 Å². The molecule has 0 N–H and O–H groups in total. The van der Waals surface area contributed by atoms with Gasteiger partial charge in [-0.3, -0.25) is 9.69 Å². The van der Waals surface area contributed by atoms with Gasteiger partial charge >= 0.3 is 0 Å². The lowest BCUT2D eigenvalue weighted by molar-refractivity contribution is -0.113. The highest BCUT2D eigenvalue weighted by Gasteiger charge is 2.35. The number of ether oxygens (including phenoxy) is 1. The number of amides is 1. The molecule has 0 bridgehead atoms. The van der Waals surface area contributed by atoms with E-state index in [0.29, 0.717) is 43.8 Å². The first kappa shape index (κ1) is 30.9. The summed E-state index contributed by atoms with van der Waals surface area (Å²) < 4.78 is 7.80. The molecule has 1 aliphatic heterocycles. The number of fused-ring (bicyclic) bond motifs is 1. The highest BCUT2D eigenvalue weighted by molar-refractivity contribution is 9.11. The molecule has 0 atom stereocenters. The van der Waals surface area contributed by atoms with E-state index in [2.05, 4.69) is 56.1 Å². The highest BCUT2D eigenvalue weighted by atomic mass is 79.9. The first-order valence-electron chi connectivity index (χ1n) is 13.6. The predicted molar refractivity (Wildman–Crippen MR) is 193 cm³/mol. The molecule has 0 unspecified atom stereocenters. The molecule has 44 heavy (non-hydrogen) atoms. The van der Waals surface area contributed by atoms with Crippen LogP contribution in [-0.4, -0.2) is 11.1 Å². The van der Waals surface area contributed by atoms with Gasteiger partial charge in [-0.2, -0.15) is 0 Å². The number of nitrogens with zero attached hydrogens (tertiary/aromatic N) is 2. The maximum atomic E-state index is 13.9. The molecular weight excluding hydrogens is 743 g/mol. The number of carbonyl (C=O) groups excluding carboxylic acids is 1. The molecule has 0 aromatic heterocycles. The maximum absolute atomic E-state index is 13.9. The van der Waals surface area contributed by atoms with E-state index >= 15 is 0 Å². The van der Waals surface area contributed by atoms with Crippen LogP contribution in [0.4, 0.5) is 11.4 Å². The van der Waals surface area contributed by atoms with Crippen molar-refractivity contribution in [1.29, 1.82) is 0 Å². The van der Waals surface area contributed by atoms with Crippen LogP contribution in [0.15, 0.2) is 110 Å². The summed E-state index contributed by atoms with van der Waals surface area (Å²) in [6, 6.07) is 29.5. The lowest BCUT2D eigenvalue weighted by Crippen LogP contribution is -2.28. The number of hydrogen-bond acceptors (Lipinski definition) is 4. The fourth-order valence-corrected chi connectivity index (χ4v) is 7.58. The molecule has 0 radical (unpaired) electrons. The average Bonchev–Trinajstić information content (AvgIpc) is 3.29. The molecule has 220 valence electrons. The smallest absolute Gasteiger partial charge is 0.271 e. The van der Waals surface area contributed by atoms with E-state index < -0.39 is 0 Å². The third kappa shape index (κ3) is 6.49. The Hall–Kier alpha value is -3.07. The molecule has 9 heteroatoms. The quantitative estimate of drug-likeness (QED) is 0.162. The Morgan fingerprint density at radius 3 is 2.27 bits per heavy atom. The summed E-state index contributed by atoms with van der Waals surface area (Å²) >= 11 is 21.5. The number of benzene rings is 5. The minimum atomic E-state index is -0.199. The van der Waals surface area contributed by atoms with Crippen molar-refractivity contribution < 1.29 is 9.53 Å². The van der Waals surface area contributed by atoms with E-state index in [4.69, 9.17) is 32.9 Å². The number of rotatable bonds is 6. The van der Waals surface area contributed by atoms with Crippen molar-refractivity contribution in [3.05, 3.63) is 137 Å². The molecule has 5 aromatic rings. The average molecular weight is 767 g/mol. The van der Waals surface area contributed by atoms with E-state index in [1.807, 2.05) is 74.5 Å². The zero-order valence-electron chi connectivity index (χ0n) is 23.6. The van der Waals surface area contributed by atoms with Crippen molar-refractivity contribution in [3.8, 4) is 5.75 Å². The van der Waals surface area contributed by atoms with Crippen molar-refractivity contribution >= 4 is 106 Å². The van der Waals surface area contributed by atoms with Crippen LogP contribution in [0, 0.1) is 13.8 Å². The molecule has 4 nitrogen and oxygen atoms in total. The molecule has 1 heterocycles. The monoisotopic (exact) mass is 764 g/mol. The normalized spacial score (nSPS) is 15.1. The van der Waals surface area contributed by atoms with Crippen molar-refractivity contribution in [2.75, 3.05) is 4.90 Å². The Labute approximate surface area is 287 Å². The Morgan fingerprint density at radius 1 is 0.864 bits per heavy atom. The van der Waals surface area contributed by atoms with Crippen LogP contribution >= 0.6 is 66.8 Å². The third-order valence-electron chi connectivity index (χ3n) is 7.17. The zero-order valence-corrected chi connectivity index (χ0v) is 29.1. The van der Waals surface area contributed by atoms with Crippen molar-refractivity contribution in [2.24, 2.45) is 4.99 Å². The number of aliphatic imine (C=N–C) groups is 1. The largest absolute Gasteiger partial charge is 0.487 e. The summed E-state index contributed by atoms with van der Waals surface area (Å²) in [6.07, 6.45) is 1.85. The molecule has 0 spiro atoms. The van der Waals surface area contributed by atoms with Gasteiger partial charge in [0.1, 0.15) is 12.4 Å². The topological polar surface area (TPSA) is 41.9 Å². The first-order valence-corrected chi connectivity index (χ1v) is 16.8. The number of hydrogen-bond donors (Lipinski definition) is 0. The Bertz CT molecular complexity index is 1980. The fourth-order valence-electron chi connectivity index (χ4n) is 4.78. The van der Waals surface area contributed by atoms with Crippen molar-refractivity contribution in [1.82, 2.24) is 0 Å². The number of halogens is 4. The lowest BCUT2D eigenvalue weighted by atomic mass is 10.1. The van der Waals surface area contributed by atoms with Crippen LogP contribution in [0.25, 0.3) is 16.8 Å². The summed E-state index contributed by atoms with van der Waals surface area (Å²) in [5.41, 5.74) is 5.08. The van der Waals surface area contributed by atoms with Gasteiger partial charge in [0.2, 0.25) is 0 Å². The van der Waals surface area contributed by atoms with E-state index in [1.54, 1.807) is 17.0 Å². The number of anilines is 1. The van der Waals surface area contributed by atoms with Gasteiger partial charge in [-0.15, -0.1) is 0 Å². The van der Waals surface area contributed by atoms with Crippen LogP contribution in [0.3, 0.4) is 0 Å². The number of aryl methyl sites for hydroxylation is 2. The molecule has 1 aliphatic rings.